The molecule has 0 aliphatic rings. The van der Waals surface area contributed by atoms with Crippen molar-refractivity contribution in [2.75, 3.05) is 17.4 Å². The fourth-order valence-corrected chi connectivity index (χ4v) is 5.82. The van der Waals surface area contributed by atoms with Crippen LogP contribution in [0.15, 0.2) is 77.7 Å². The lowest BCUT2D eigenvalue weighted by atomic mass is 10.1. The van der Waals surface area contributed by atoms with Crippen LogP contribution in [0.5, 0.6) is 0 Å². The van der Waals surface area contributed by atoms with Crippen molar-refractivity contribution in [1.82, 2.24) is 10.2 Å². The molecule has 0 unspecified atom stereocenters. The first-order valence-corrected chi connectivity index (χ1v) is 14.9. The van der Waals surface area contributed by atoms with Crippen LogP contribution in [0.1, 0.15) is 37.8 Å². The number of nitrogens with one attached hydrogen (secondary N) is 1. The molecule has 2 amide bonds. The van der Waals surface area contributed by atoms with E-state index in [2.05, 4.69) is 5.32 Å². The Hall–Kier alpha value is -3.07. The number of hydrogen-bond donors (Lipinski definition) is 1. The van der Waals surface area contributed by atoms with E-state index in [4.69, 9.17) is 23.2 Å². The lowest BCUT2D eigenvalue weighted by molar-refractivity contribution is -0.140. The number of nitrogens with zero attached hydrogens (tertiary/aromatic N) is 2. The van der Waals surface area contributed by atoms with E-state index in [9.17, 15) is 18.0 Å². The first-order valence-electron chi connectivity index (χ1n) is 12.7. The number of halogens is 2. The van der Waals surface area contributed by atoms with E-state index in [1.807, 2.05) is 20.8 Å². The second kappa shape index (κ2) is 13.8. The fourth-order valence-electron chi connectivity index (χ4n) is 4.08. The van der Waals surface area contributed by atoms with E-state index in [0.717, 1.165) is 16.3 Å². The topological polar surface area (TPSA) is 86.8 Å². The maximum absolute atomic E-state index is 14.0. The Kier molecular flexibility index (Phi) is 10.8. The molecule has 7 nitrogen and oxygen atoms in total. The molecule has 3 aromatic carbocycles. The molecule has 39 heavy (non-hydrogen) atoms. The Morgan fingerprint density at radius 3 is 2.18 bits per heavy atom. The molecule has 208 valence electrons. The van der Waals surface area contributed by atoms with Crippen molar-refractivity contribution in [3.63, 3.8) is 0 Å². The summed E-state index contributed by atoms with van der Waals surface area (Å²) in [5, 5.41) is 3.54. The number of hydrogen-bond acceptors (Lipinski definition) is 4. The largest absolute Gasteiger partial charge is 0.354 e. The molecule has 0 heterocycles. The molecule has 0 aliphatic heterocycles. The Morgan fingerprint density at radius 1 is 0.923 bits per heavy atom. The molecule has 0 radical (unpaired) electrons. The molecule has 3 rings (SSSR count). The van der Waals surface area contributed by atoms with E-state index >= 15 is 0 Å². The summed E-state index contributed by atoms with van der Waals surface area (Å²) in [6, 6.07) is 19.1. The summed E-state index contributed by atoms with van der Waals surface area (Å²) in [5.74, 6) is -0.834. The normalized spacial score (nSPS) is 12.0. The molecule has 3 aromatic rings. The minimum absolute atomic E-state index is 0.0426. The summed E-state index contributed by atoms with van der Waals surface area (Å²) in [7, 11) is -4.10. The zero-order valence-electron chi connectivity index (χ0n) is 22.2. The van der Waals surface area contributed by atoms with Crippen LogP contribution in [0.3, 0.4) is 0 Å². The molecule has 0 aromatic heterocycles. The second-order valence-electron chi connectivity index (χ2n) is 9.15. The Morgan fingerprint density at radius 2 is 1.59 bits per heavy atom. The summed E-state index contributed by atoms with van der Waals surface area (Å²) in [5.41, 5.74) is 1.91. The maximum Gasteiger partial charge on any atom is 0.264 e. The van der Waals surface area contributed by atoms with Crippen LogP contribution in [0.4, 0.5) is 5.69 Å². The number of carbonyl (C=O) groups is 2. The van der Waals surface area contributed by atoms with E-state index in [0.29, 0.717) is 34.3 Å². The molecule has 0 fully saturated rings. The van der Waals surface area contributed by atoms with E-state index in [1.165, 1.54) is 17.0 Å². The van der Waals surface area contributed by atoms with E-state index < -0.39 is 28.5 Å². The number of anilines is 1. The van der Waals surface area contributed by atoms with Crippen molar-refractivity contribution in [2.45, 2.75) is 51.1 Å². The van der Waals surface area contributed by atoms with Crippen LogP contribution >= 0.6 is 23.2 Å². The molecule has 0 saturated carbocycles. The van der Waals surface area contributed by atoms with Gasteiger partial charge in [0, 0.05) is 13.1 Å². The zero-order valence-corrected chi connectivity index (χ0v) is 24.6. The minimum atomic E-state index is -4.10. The molecule has 1 N–H and O–H groups in total. The third-order valence-electron chi connectivity index (χ3n) is 6.20. The fraction of sp³-hybridized carbons (Fsp3) is 0.310. The van der Waals surface area contributed by atoms with E-state index in [-0.39, 0.29) is 17.3 Å². The maximum atomic E-state index is 14.0. The number of amides is 2. The van der Waals surface area contributed by atoms with E-state index in [1.54, 1.807) is 60.7 Å². The predicted octanol–water partition coefficient (Wildman–Crippen LogP) is 5.83. The van der Waals surface area contributed by atoms with Crippen molar-refractivity contribution >= 4 is 50.7 Å². The predicted molar refractivity (Wildman–Crippen MR) is 157 cm³/mol. The molecule has 0 bridgehead atoms. The van der Waals surface area contributed by atoms with Crippen molar-refractivity contribution in [2.24, 2.45) is 0 Å². The molecule has 0 spiro atoms. The van der Waals surface area contributed by atoms with Gasteiger partial charge in [-0.3, -0.25) is 13.9 Å². The van der Waals surface area contributed by atoms with Crippen LogP contribution in [-0.2, 0) is 26.2 Å². The highest BCUT2D eigenvalue weighted by atomic mass is 35.5. The third kappa shape index (κ3) is 7.75. The highest BCUT2D eigenvalue weighted by Crippen LogP contribution is 2.26. The van der Waals surface area contributed by atoms with Gasteiger partial charge in [-0.2, -0.15) is 0 Å². The SMILES string of the molecule is CCCNC(=O)[C@H](CC)N(Cc1ccc(Cl)c(Cl)c1)C(=O)CN(c1ccccc1)S(=O)(=O)c1ccc(C)cc1. The Balaban J connectivity index is 2.04. The molecule has 1 atom stereocenters. The Labute approximate surface area is 240 Å². The zero-order chi connectivity index (χ0) is 28.6. The van der Waals surface area contributed by atoms with Gasteiger partial charge in [-0.15, -0.1) is 0 Å². The van der Waals surface area contributed by atoms with Gasteiger partial charge in [0.2, 0.25) is 11.8 Å². The average Bonchev–Trinajstić information content (AvgIpc) is 2.92. The van der Waals surface area contributed by atoms with Crippen LogP contribution < -0.4 is 9.62 Å². The highest BCUT2D eigenvalue weighted by molar-refractivity contribution is 7.92. The van der Waals surface area contributed by atoms with Crippen molar-refractivity contribution in [3.05, 3.63) is 94.0 Å². The van der Waals surface area contributed by atoms with Gasteiger partial charge in [0.05, 0.1) is 20.6 Å². The number of carbonyl (C=O) groups excluding carboxylic acids is 2. The smallest absolute Gasteiger partial charge is 0.264 e. The van der Waals surface area contributed by atoms with Gasteiger partial charge >= 0.3 is 0 Å². The van der Waals surface area contributed by atoms with Crippen LogP contribution in [0, 0.1) is 6.92 Å². The Bertz CT molecular complexity index is 1380. The van der Waals surface area contributed by atoms with Gasteiger partial charge in [-0.1, -0.05) is 79.0 Å². The summed E-state index contributed by atoms with van der Waals surface area (Å²) >= 11 is 12.3. The van der Waals surface area contributed by atoms with Crippen LogP contribution in [0.2, 0.25) is 10.0 Å². The summed E-state index contributed by atoms with van der Waals surface area (Å²) in [6.45, 7) is 5.61. The number of sulfonamides is 1. The minimum Gasteiger partial charge on any atom is -0.354 e. The van der Waals surface area contributed by atoms with Gasteiger partial charge in [-0.05, 0) is 61.7 Å². The molecule has 0 saturated heterocycles. The standard InChI is InChI=1S/C29H33Cl2N3O4S/c1-4-17-32-29(36)27(5-2)33(19-22-13-16-25(30)26(31)18-22)28(35)20-34(23-9-7-6-8-10-23)39(37,38)24-14-11-21(3)12-15-24/h6-16,18,27H,4-5,17,19-20H2,1-3H3,(H,32,36)/t27-/m0/s1. The van der Waals surface area contributed by atoms with Gasteiger partial charge in [0.1, 0.15) is 12.6 Å². The molecule has 10 heteroatoms. The summed E-state index contributed by atoms with van der Waals surface area (Å²) in [4.78, 5) is 28.6. The van der Waals surface area contributed by atoms with Crippen molar-refractivity contribution < 1.29 is 18.0 Å². The highest BCUT2D eigenvalue weighted by Gasteiger charge is 2.33. The van der Waals surface area contributed by atoms with Crippen LogP contribution in [-0.4, -0.2) is 44.3 Å². The summed E-state index contributed by atoms with van der Waals surface area (Å²) in [6.07, 6.45) is 1.07. The number of para-hydroxylation sites is 1. The number of benzene rings is 3. The van der Waals surface area contributed by atoms with Crippen molar-refractivity contribution in [1.29, 1.82) is 0 Å². The lowest BCUT2D eigenvalue weighted by Gasteiger charge is -2.33. The first kappa shape index (κ1) is 30.5. The van der Waals surface area contributed by atoms with Gasteiger partial charge in [0.25, 0.3) is 10.0 Å². The van der Waals surface area contributed by atoms with Crippen molar-refractivity contribution in [3.8, 4) is 0 Å². The second-order valence-corrected chi connectivity index (χ2v) is 11.8. The van der Waals surface area contributed by atoms with Gasteiger partial charge in [-0.25, -0.2) is 8.42 Å². The monoisotopic (exact) mass is 589 g/mol. The molecular formula is C29H33Cl2N3O4S. The number of rotatable bonds is 12. The quantitative estimate of drug-likeness (QED) is 0.288. The third-order valence-corrected chi connectivity index (χ3v) is 8.73. The first-order chi connectivity index (χ1) is 18.6. The molecule has 0 aliphatic carbocycles. The lowest BCUT2D eigenvalue weighted by Crippen LogP contribution is -2.52. The summed E-state index contributed by atoms with van der Waals surface area (Å²) < 4.78 is 28.7. The van der Waals surface area contributed by atoms with Gasteiger partial charge < -0.3 is 10.2 Å². The average molecular weight is 591 g/mol. The molecular weight excluding hydrogens is 557 g/mol. The van der Waals surface area contributed by atoms with Crippen LogP contribution in [0.25, 0.3) is 0 Å². The number of aryl methyl sites for hydroxylation is 1. The van der Waals surface area contributed by atoms with Gasteiger partial charge in [0.15, 0.2) is 0 Å².